The molecule has 150 valence electrons. The molecular weight excluding hydrogens is 370 g/mol. The number of carbonyl (C=O) groups excluding carboxylic acids is 1. The summed E-state index contributed by atoms with van der Waals surface area (Å²) in [6.45, 7) is 3.15. The van der Waals surface area contributed by atoms with Crippen LogP contribution in [0.2, 0.25) is 0 Å². The normalized spacial score (nSPS) is 10.3. The Morgan fingerprint density at radius 3 is 2.24 bits per heavy atom. The minimum atomic E-state index is -0.169. The van der Waals surface area contributed by atoms with Gasteiger partial charge in [0.1, 0.15) is 18.1 Å². The third-order valence-electron chi connectivity index (χ3n) is 4.09. The summed E-state index contributed by atoms with van der Waals surface area (Å²) < 4.78 is 16.1. The van der Waals surface area contributed by atoms with Crippen LogP contribution in [0.3, 0.4) is 0 Å². The summed E-state index contributed by atoms with van der Waals surface area (Å²) in [6, 6.07) is 18.2. The van der Waals surface area contributed by atoms with E-state index in [1.807, 2.05) is 37.3 Å². The molecule has 2 aromatic carbocycles. The van der Waals surface area contributed by atoms with Crippen LogP contribution in [0.25, 0.3) is 11.3 Å². The average molecular weight is 393 g/mol. The van der Waals surface area contributed by atoms with E-state index in [2.05, 4.69) is 15.5 Å². The van der Waals surface area contributed by atoms with E-state index >= 15 is 0 Å². The number of ether oxygens (including phenoxy) is 3. The topological polar surface area (TPSA) is 82.6 Å². The number of methoxy groups -OCH3 is 1. The summed E-state index contributed by atoms with van der Waals surface area (Å²) in [6.07, 6.45) is 0. The van der Waals surface area contributed by atoms with Gasteiger partial charge < -0.3 is 19.5 Å². The largest absolute Gasteiger partial charge is 0.497 e. The molecule has 0 spiro atoms. The van der Waals surface area contributed by atoms with E-state index in [1.165, 1.54) is 0 Å². The van der Waals surface area contributed by atoms with Gasteiger partial charge in [-0.25, -0.2) is 0 Å². The zero-order chi connectivity index (χ0) is 20.5. The Bertz CT molecular complexity index is 910. The molecule has 3 rings (SSSR count). The lowest BCUT2D eigenvalue weighted by Gasteiger charge is -2.08. The van der Waals surface area contributed by atoms with E-state index in [1.54, 1.807) is 37.4 Å². The molecule has 7 nitrogen and oxygen atoms in total. The highest BCUT2D eigenvalue weighted by Gasteiger charge is 2.06. The van der Waals surface area contributed by atoms with Crippen molar-refractivity contribution in [3.8, 4) is 28.6 Å². The predicted octanol–water partition coefficient (Wildman–Crippen LogP) is 3.36. The fourth-order valence-electron chi connectivity index (χ4n) is 2.60. The maximum atomic E-state index is 12.1. The van der Waals surface area contributed by atoms with Crippen LogP contribution in [0.1, 0.15) is 17.3 Å². The Labute approximate surface area is 169 Å². The molecule has 29 heavy (non-hydrogen) atoms. The van der Waals surface area contributed by atoms with Gasteiger partial charge in [0.15, 0.2) is 0 Å². The molecule has 0 aliphatic rings. The number of benzene rings is 2. The smallest absolute Gasteiger partial charge is 0.251 e. The quantitative estimate of drug-likeness (QED) is 0.562. The minimum absolute atomic E-state index is 0.169. The van der Waals surface area contributed by atoms with Crippen LogP contribution < -0.4 is 19.5 Å². The Kier molecular flexibility index (Phi) is 7.00. The SMILES string of the molecule is CCOc1ccc(C(=O)NCCOc2ccc(-c3ccc(OC)cc3)nn2)cc1. The van der Waals surface area contributed by atoms with E-state index in [0.29, 0.717) is 31.2 Å². The van der Waals surface area contributed by atoms with Gasteiger partial charge in [0, 0.05) is 17.2 Å². The minimum Gasteiger partial charge on any atom is -0.497 e. The van der Waals surface area contributed by atoms with Crippen LogP contribution in [0, 0.1) is 0 Å². The molecule has 0 atom stereocenters. The van der Waals surface area contributed by atoms with Crippen LogP contribution in [-0.4, -0.2) is 43.0 Å². The molecule has 0 saturated heterocycles. The van der Waals surface area contributed by atoms with E-state index in [9.17, 15) is 4.79 Å². The van der Waals surface area contributed by atoms with E-state index in [-0.39, 0.29) is 5.91 Å². The maximum absolute atomic E-state index is 12.1. The maximum Gasteiger partial charge on any atom is 0.251 e. The first-order chi connectivity index (χ1) is 14.2. The molecule has 1 amide bonds. The number of nitrogens with one attached hydrogen (secondary N) is 1. The third kappa shape index (κ3) is 5.68. The first kappa shape index (κ1) is 20.1. The molecule has 0 unspecified atom stereocenters. The van der Waals surface area contributed by atoms with Gasteiger partial charge in [-0.15, -0.1) is 10.2 Å². The molecule has 0 bridgehead atoms. The van der Waals surface area contributed by atoms with E-state index < -0.39 is 0 Å². The standard InChI is InChI=1S/C22H23N3O4/c1-3-28-19-10-6-17(7-11-19)22(26)23-14-15-29-21-13-12-20(24-25-21)16-4-8-18(27-2)9-5-16/h4-13H,3,14-15H2,1-2H3,(H,23,26). The van der Waals surface area contributed by atoms with Gasteiger partial charge >= 0.3 is 0 Å². The first-order valence-electron chi connectivity index (χ1n) is 9.31. The van der Waals surface area contributed by atoms with Crippen molar-refractivity contribution in [2.45, 2.75) is 6.92 Å². The van der Waals surface area contributed by atoms with Crippen molar-refractivity contribution in [3.63, 3.8) is 0 Å². The van der Waals surface area contributed by atoms with E-state index in [4.69, 9.17) is 14.2 Å². The highest BCUT2D eigenvalue weighted by atomic mass is 16.5. The average Bonchev–Trinajstić information content (AvgIpc) is 2.78. The molecule has 0 aliphatic heterocycles. The van der Waals surface area contributed by atoms with Gasteiger partial charge in [-0.05, 0) is 61.5 Å². The fourth-order valence-corrected chi connectivity index (χ4v) is 2.60. The number of hydrogen-bond donors (Lipinski definition) is 1. The Morgan fingerprint density at radius 2 is 1.62 bits per heavy atom. The van der Waals surface area contributed by atoms with Crippen LogP contribution in [-0.2, 0) is 0 Å². The van der Waals surface area contributed by atoms with Crippen LogP contribution in [0.5, 0.6) is 17.4 Å². The lowest BCUT2D eigenvalue weighted by atomic mass is 10.1. The molecule has 1 aromatic heterocycles. The van der Waals surface area contributed by atoms with E-state index in [0.717, 1.165) is 22.8 Å². The molecule has 0 fully saturated rings. The number of hydrogen-bond acceptors (Lipinski definition) is 6. The molecule has 3 aromatic rings. The van der Waals surface area contributed by atoms with Crippen molar-refractivity contribution >= 4 is 5.91 Å². The van der Waals surface area contributed by atoms with Crippen molar-refractivity contribution in [2.75, 3.05) is 26.9 Å². The second-order valence-corrected chi connectivity index (χ2v) is 6.05. The molecular formula is C22H23N3O4. The number of aromatic nitrogens is 2. The lowest BCUT2D eigenvalue weighted by molar-refractivity contribution is 0.0946. The van der Waals surface area contributed by atoms with Crippen molar-refractivity contribution in [2.24, 2.45) is 0 Å². The predicted molar refractivity (Wildman–Crippen MR) is 109 cm³/mol. The number of amides is 1. The first-order valence-corrected chi connectivity index (χ1v) is 9.31. The van der Waals surface area contributed by atoms with Crippen molar-refractivity contribution < 1.29 is 19.0 Å². The van der Waals surface area contributed by atoms with Gasteiger partial charge in [-0.3, -0.25) is 4.79 Å². The van der Waals surface area contributed by atoms with Crippen molar-refractivity contribution in [1.29, 1.82) is 0 Å². The molecule has 1 heterocycles. The highest BCUT2D eigenvalue weighted by Crippen LogP contribution is 2.21. The summed E-state index contributed by atoms with van der Waals surface area (Å²) in [5.74, 6) is 1.76. The zero-order valence-corrected chi connectivity index (χ0v) is 16.4. The Hall–Kier alpha value is -3.61. The number of nitrogens with zero attached hydrogens (tertiary/aromatic N) is 2. The highest BCUT2D eigenvalue weighted by molar-refractivity contribution is 5.94. The second kappa shape index (κ2) is 10.1. The summed E-state index contributed by atoms with van der Waals surface area (Å²) in [7, 11) is 1.63. The van der Waals surface area contributed by atoms with Gasteiger partial charge in [0.2, 0.25) is 5.88 Å². The zero-order valence-electron chi connectivity index (χ0n) is 16.4. The lowest BCUT2D eigenvalue weighted by Crippen LogP contribution is -2.28. The van der Waals surface area contributed by atoms with Gasteiger partial charge in [-0.2, -0.15) is 0 Å². The molecule has 7 heteroatoms. The van der Waals surface area contributed by atoms with Crippen molar-refractivity contribution in [3.05, 3.63) is 66.2 Å². The fraction of sp³-hybridized carbons (Fsp3) is 0.227. The summed E-state index contributed by atoms with van der Waals surface area (Å²) in [4.78, 5) is 12.1. The van der Waals surface area contributed by atoms with Gasteiger partial charge in [-0.1, -0.05) is 0 Å². The second-order valence-electron chi connectivity index (χ2n) is 6.05. The Balaban J connectivity index is 1.44. The summed E-state index contributed by atoms with van der Waals surface area (Å²) in [5.41, 5.74) is 2.24. The molecule has 0 radical (unpaired) electrons. The van der Waals surface area contributed by atoms with Crippen LogP contribution in [0.4, 0.5) is 0 Å². The van der Waals surface area contributed by atoms with Crippen LogP contribution in [0.15, 0.2) is 60.7 Å². The van der Waals surface area contributed by atoms with Gasteiger partial charge in [0.25, 0.3) is 5.91 Å². The Morgan fingerprint density at radius 1 is 0.897 bits per heavy atom. The third-order valence-corrected chi connectivity index (χ3v) is 4.09. The van der Waals surface area contributed by atoms with Crippen LogP contribution >= 0.6 is 0 Å². The number of carbonyl (C=O) groups is 1. The molecule has 0 saturated carbocycles. The summed E-state index contributed by atoms with van der Waals surface area (Å²) >= 11 is 0. The monoisotopic (exact) mass is 393 g/mol. The number of rotatable bonds is 9. The van der Waals surface area contributed by atoms with Gasteiger partial charge in [0.05, 0.1) is 26.0 Å². The molecule has 0 aliphatic carbocycles. The molecule has 1 N–H and O–H groups in total. The van der Waals surface area contributed by atoms with Crippen molar-refractivity contribution in [1.82, 2.24) is 15.5 Å². The summed E-state index contributed by atoms with van der Waals surface area (Å²) in [5, 5.41) is 11.0.